The van der Waals surface area contributed by atoms with Gasteiger partial charge in [0.15, 0.2) is 0 Å². The van der Waals surface area contributed by atoms with Gasteiger partial charge < -0.3 is 0 Å². The molecule has 0 saturated heterocycles. The summed E-state index contributed by atoms with van der Waals surface area (Å²) >= 11 is 0. The molecule has 1 aromatic carbocycles. The number of benzene rings is 1. The highest BCUT2D eigenvalue weighted by atomic mass is 16.6. The SMILES string of the molecule is CC1(C)CCCC(NOCc2ccccc2)CC1. The van der Waals surface area contributed by atoms with E-state index in [1.165, 1.54) is 37.7 Å². The van der Waals surface area contributed by atoms with Gasteiger partial charge in [-0.15, -0.1) is 0 Å². The van der Waals surface area contributed by atoms with Crippen molar-refractivity contribution < 1.29 is 4.84 Å². The number of nitrogens with one attached hydrogen (secondary N) is 1. The molecule has 0 radical (unpaired) electrons. The molecule has 1 aliphatic rings. The average Bonchev–Trinajstić information content (AvgIpc) is 2.52. The lowest BCUT2D eigenvalue weighted by molar-refractivity contribution is -0.000268. The fraction of sp³-hybridized carbons (Fsp3) is 0.625. The van der Waals surface area contributed by atoms with Crippen molar-refractivity contribution >= 4 is 0 Å². The summed E-state index contributed by atoms with van der Waals surface area (Å²) in [6.45, 7) is 5.40. The Morgan fingerprint density at radius 3 is 2.72 bits per heavy atom. The van der Waals surface area contributed by atoms with Gasteiger partial charge in [0.1, 0.15) is 0 Å². The molecule has 2 rings (SSSR count). The maximum atomic E-state index is 5.63. The first kappa shape index (κ1) is 13.6. The minimum absolute atomic E-state index is 0.510. The van der Waals surface area contributed by atoms with Gasteiger partial charge in [-0.3, -0.25) is 4.84 Å². The zero-order chi connectivity index (χ0) is 12.8. The Bertz CT molecular complexity index is 347. The molecule has 100 valence electrons. The molecule has 1 unspecified atom stereocenters. The van der Waals surface area contributed by atoms with Crippen LogP contribution in [0.5, 0.6) is 0 Å². The highest BCUT2D eigenvalue weighted by molar-refractivity contribution is 5.13. The monoisotopic (exact) mass is 247 g/mol. The number of rotatable bonds is 4. The standard InChI is InChI=1S/C16H25NO/c1-16(2)11-6-9-15(10-12-16)17-18-13-14-7-4-3-5-8-14/h3-5,7-8,15,17H,6,9-13H2,1-2H3. The van der Waals surface area contributed by atoms with Gasteiger partial charge in [0.2, 0.25) is 0 Å². The Balaban J connectivity index is 1.71. The number of hydrogen-bond acceptors (Lipinski definition) is 2. The molecule has 1 fully saturated rings. The molecule has 1 aliphatic carbocycles. The topological polar surface area (TPSA) is 21.3 Å². The van der Waals surface area contributed by atoms with Crippen LogP contribution >= 0.6 is 0 Å². The maximum Gasteiger partial charge on any atom is 0.0933 e. The highest BCUT2D eigenvalue weighted by Crippen LogP contribution is 2.33. The zero-order valence-corrected chi connectivity index (χ0v) is 11.6. The van der Waals surface area contributed by atoms with Crippen LogP contribution in [0.15, 0.2) is 30.3 Å². The minimum atomic E-state index is 0.510. The summed E-state index contributed by atoms with van der Waals surface area (Å²) in [5.41, 5.74) is 4.98. The summed E-state index contributed by atoms with van der Waals surface area (Å²) in [6, 6.07) is 10.8. The van der Waals surface area contributed by atoms with Crippen LogP contribution in [0.2, 0.25) is 0 Å². The molecule has 0 heterocycles. The molecule has 2 heteroatoms. The number of hydrogen-bond donors (Lipinski definition) is 1. The Labute approximate surface area is 111 Å². The maximum absolute atomic E-state index is 5.63. The smallest absolute Gasteiger partial charge is 0.0933 e. The van der Waals surface area contributed by atoms with Gasteiger partial charge >= 0.3 is 0 Å². The normalized spacial score (nSPS) is 23.6. The van der Waals surface area contributed by atoms with Gasteiger partial charge in [0.25, 0.3) is 0 Å². The van der Waals surface area contributed by atoms with Gasteiger partial charge in [0, 0.05) is 6.04 Å². The van der Waals surface area contributed by atoms with Gasteiger partial charge in [-0.25, -0.2) is 0 Å². The lowest BCUT2D eigenvalue weighted by Crippen LogP contribution is -2.28. The quantitative estimate of drug-likeness (QED) is 0.640. The van der Waals surface area contributed by atoms with Crippen molar-refractivity contribution in [2.45, 2.75) is 58.6 Å². The summed E-state index contributed by atoms with van der Waals surface area (Å²) in [6.07, 6.45) is 6.39. The first-order valence-electron chi connectivity index (χ1n) is 7.07. The van der Waals surface area contributed by atoms with E-state index in [0.717, 1.165) is 0 Å². The van der Waals surface area contributed by atoms with Gasteiger partial charge in [-0.05, 0) is 36.7 Å². The minimum Gasteiger partial charge on any atom is -0.297 e. The van der Waals surface area contributed by atoms with E-state index < -0.39 is 0 Å². The van der Waals surface area contributed by atoms with E-state index in [4.69, 9.17) is 4.84 Å². The van der Waals surface area contributed by atoms with Crippen LogP contribution in [0.3, 0.4) is 0 Å². The van der Waals surface area contributed by atoms with Crippen LogP contribution in [0.25, 0.3) is 0 Å². The third-order valence-corrected chi connectivity index (χ3v) is 3.91. The summed E-state index contributed by atoms with van der Waals surface area (Å²) < 4.78 is 0. The van der Waals surface area contributed by atoms with E-state index in [-0.39, 0.29) is 0 Å². The van der Waals surface area contributed by atoms with E-state index in [1.807, 2.05) is 18.2 Å². The molecule has 1 atom stereocenters. The van der Waals surface area contributed by atoms with Gasteiger partial charge in [0.05, 0.1) is 6.61 Å². The largest absolute Gasteiger partial charge is 0.297 e. The second-order valence-corrected chi connectivity index (χ2v) is 6.18. The first-order chi connectivity index (χ1) is 8.66. The Morgan fingerprint density at radius 1 is 1.17 bits per heavy atom. The molecule has 0 spiro atoms. The summed E-state index contributed by atoms with van der Waals surface area (Å²) in [5, 5.41) is 0. The van der Waals surface area contributed by atoms with Crippen LogP contribution < -0.4 is 5.48 Å². The lowest BCUT2D eigenvalue weighted by Gasteiger charge is -2.22. The molecule has 2 nitrogen and oxygen atoms in total. The van der Waals surface area contributed by atoms with E-state index in [2.05, 4.69) is 31.5 Å². The molecular weight excluding hydrogens is 222 g/mol. The van der Waals surface area contributed by atoms with Crippen molar-refractivity contribution in [1.82, 2.24) is 5.48 Å². The van der Waals surface area contributed by atoms with Crippen LogP contribution in [0, 0.1) is 5.41 Å². The van der Waals surface area contributed by atoms with Crippen molar-refractivity contribution in [3.8, 4) is 0 Å². The van der Waals surface area contributed by atoms with Crippen LogP contribution in [-0.2, 0) is 11.4 Å². The second-order valence-electron chi connectivity index (χ2n) is 6.18. The molecule has 0 amide bonds. The molecule has 1 N–H and O–H groups in total. The summed E-state index contributed by atoms with van der Waals surface area (Å²) in [4.78, 5) is 5.63. The van der Waals surface area contributed by atoms with Crippen molar-refractivity contribution in [3.63, 3.8) is 0 Å². The molecule has 18 heavy (non-hydrogen) atoms. The van der Waals surface area contributed by atoms with E-state index in [1.54, 1.807) is 0 Å². The fourth-order valence-electron chi connectivity index (χ4n) is 2.60. The summed E-state index contributed by atoms with van der Waals surface area (Å²) in [7, 11) is 0. The van der Waals surface area contributed by atoms with Crippen LogP contribution in [-0.4, -0.2) is 6.04 Å². The molecule has 1 saturated carbocycles. The molecular formula is C16H25NO. The van der Waals surface area contributed by atoms with E-state index >= 15 is 0 Å². The predicted octanol–water partition coefficient (Wildman–Crippen LogP) is 4.07. The average molecular weight is 247 g/mol. The summed E-state index contributed by atoms with van der Waals surface area (Å²) in [5.74, 6) is 0. The highest BCUT2D eigenvalue weighted by Gasteiger charge is 2.24. The Kier molecular flexibility index (Phi) is 4.79. The first-order valence-corrected chi connectivity index (χ1v) is 7.07. The fourth-order valence-corrected chi connectivity index (χ4v) is 2.60. The van der Waals surface area contributed by atoms with E-state index in [0.29, 0.717) is 18.1 Å². The molecule has 0 aromatic heterocycles. The Hall–Kier alpha value is -0.860. The third-order valence-electron chi connectivity index (χ3n) is 3.91. The number of hydroxylamine groups is 1. The van der Waals surface area contributed by atoms with Crippen molar-refractivity contribution in [1.29, 1.82) is 0 Å². The molecule has 0 aliphatic heterocycles. The van der Waals surface area contributed by atoms with E-state index in [9.17, 15) is 0 Å². The van der Waals surface area contributed by atoms with Crippen LogP contribution in [0.1, 0.15) is 51.5 Å². The third kappa shape index (κ3) is 4.43. The van der Waals surface area contributed by atoms with Crippen molar-refractivity contribution in [2.24, 2.45) is 5.41 Å². The zero-order valence-electron chi connectivity index (χ0n) is 11.6. The van der Waals surface area contributed by atoms with Crippen molar-refractivity contribution in [3.05, 3.63) is 35.9 Å². The van der Waals surface area contributed by atoms with Crippen molar-refractivity contribution in [2.75, 3.05) is 0 Å². The Morgan fingerprint density at radius 2 is 1.94 bits per heavy atom. The van der Waals surface area contributed by atoms with Gasteiger partial charge in [-0.2, -0.15) is 5.48 Å². The molecule has 0 bridgehead atoms. The predicted molar refractivity (Wildman–Crippen MR) is 75.0 cm³/mol. The lowest BCUT2D eigenvalue weighted by atomic mass is 9.85. The van der Waals surface area contributed by atoms with Gasteiger partial charge in [-0.1, -0.05) is 50.6 Å². The van der Waals surface area contributed by atoms with Crippen LogP contribution in [0.4, 0.5) is 0 Å². The molecule has 1 aromatic rings. The second kappa shape index (κ2) is 6.35.